The number of phenols is 1. The fourth-order valence-corrected chi connectivity index (χ4v) is 3.43. The van der Waals surface area contributed by atoms with Gasteiger partial charge in [0.15, 0.2) is 0 Å². The standard InChI is InChI=1S/C25H35F2NO4/c26-25(27,22-9-4-3-5-10-22)13-8-16-32-15-7-2-1-6-14-28-18-24(31)20-11-12-23(30)21(17-20)19-29/h3-5,9-12,17,24,28-31H,1-2,6-8,13-16,18-19H2/t24-/m1/s1. The first-order chi connectivity index (χ1) is 15.4. The summed E-state index contributed by atoms with van der Waals surface area (Å²) in [5.41, 5.74) is 1.10. The molecule has 0 aromatic heterocycles. The lowest BCUT2D eigenvalue weighted by atomic mass is 10.0. The fourth-order valence-electron chi connectivity index (χ4n) is 3.43. The number of unbranched alkanes of at least 4 members (excludes halogenated alkanes) is 3. The molecule has 0 aliphatic heterocycles. The second kappa shape index (κ2) is 14.2. The number of aliphatic hydroxyl groups is 2. The zero-order chi connectivity index (χ0) is 23.2. The zero-order valence-electron chi connectivity index (χ0n) is 18.5. The molecule has 7 heteroatoms. The summed E-state index contributed by atoms with van der Waals surface area (Å²) >= 11 is 0. The van der Waals surface area contributed by atoms with Crippen LogP contribution in [0.1, 0.15) is 61.3 Å². The van der Waals surface area contributed by atoms with Crippen molar-refractivity contribution < 1.29 is 28.8 Å². The highest BCUT2D eigenvalue weighted by Gasteiger charge is 2.30. The summed E-state index contributed by atoms with van der Waals surface area (Å²) < 4.78 is 33.5. The Labute approximate surface area is 189 Å². The highest BCUT2D eigenvalue weighted by molar-refractivity contribution is 5.36. The number of hydrogen-bond donors (Lipinski definition) is 4. The predicted molar refractivity (Wildman–Crippen MR) is 121 cm³/mol. The molecule has 4 N–H and O–H groups in total. The zero-order valence-corrected chi connectivity index (χ0v) is 18.5. The summed E-state index contributed by atoms with van der Waals surface area (Å²) in [6.45, 7) is 1.82. The van der Waals surface area contributed by atoms with Crippen LogP contribution in [0.25, 0.3) is 0 Å². The number of aliphatic hydroxyl groups excluding tert-OH is 2. The van der Waals surface area contributed by atoms with Gasteiger partial charge < -0.3 is 25.4 Å². The molecule has 32 heavy (non-hydrogen) atoms. The summed E-state index contributed by atoms with van der Waals surface area (Å²) in [6, 6.07) is 12.6. The van der Waals surface area contributed by atoms with Gasteiger partial charge in [0, 0.05) is 37.3 Å². The van der Waals surface area contributed by atoms with Crippen LogP contribution in [0.3, 0.4) is 0 Å². The maximum atomic E-state index is 14.0. The first-order valence-corrected chi connectivity index (χ1v) is 11.3. The highest BCUT2D eigenvalue weighted by Crippen LogP contribution is 2.32. The number of ether oxygens (including phenoxy) is 1. The van der Waals surface area contributed by atoms with E-state index in [2.05, 4.69) is 5.32 Å². The van der Waals surface area contributed by atoms with Crippen LogP contribution in [0.15, 0.2) is 48.5 Å². The van der Waals surface area contributed by atoms with Gasteiger partial charge in [-0.05, 0) is 43.5 Å². The predicted octanol–water partition coefficient (Wildman–Crippen LogP) is 4.66. The topological polar surface area (TPSA) is 82.0 Å². The summed E-state index contributed by atoms with van der Waals surface area (Å²) in [5, 5.41) is 32.2. The Bertz CT molecular complexity index is 774. The molecule has 0 radical (unpaired) electrons. The minimum absolute atomic E-state index is 0.0190. The lowest BCUT2D eigenvalue weighted by Crippen LogP contribution is -2.22. The van der Waals surface area contributed by atoms with Crippen LogP contribution in [0, 0.1) is 0 Å². The van der Waals surface area contributed by atoms with E-state index in [1.165, 1.54) is 18.2 Å². The van der Waals surface area contributed by atoms with Crippen molar-refractivity contribution in [2.24, 2.45) is 0 Å². The van der Waals surface area contributed by atoms with Crippen molar-refractivity contribution in [3.8, 4) is 5.75 Å². The second-order valence-corrected chi connectivity index (χ2v) is 7.97. The molecule has 0 unspecified atom stereocenters. The van der Waals surface area contributed by atoms with E-state index in [0.717, 1.165) is 32.2 Å². The van der Waals surface area contributed by atoms with Gasteiger partial charge in [-0.1, -0.05) is 49.2 Å². The average molecular weight is 452 g/mol. The normalized spacial score (nSPS) is 12.8. The number of hydrogen-bond acceptors (Lipinski definition) is 5. The molecule has 0 heterocycles. The van der Waals surface area contributed by atoms with Crippen LogP contribution < -0.4 is 5.32 Å². The van der Waals surface area contributed by atoms with E-state index in [0.29, 0.717) is 37.3 Å². The van der Waals surface area contributed by atoms with Crippen LogP contribution in [0.5, 0.6) is 5.75 Å². The summed E-state index contributed by atoms with van der Waals surface area (Å²) in [6.07, 6.45) is 3.30. The largest absolute Gasteiger partial charge is 0.508 e. The maximum Gasteiger partial charge on any atom is 0.273 e. The number of halogens is 2. The number of nitrogens with one attached hydrogen (secondary N) is 1. The fraction of sp³-hybridized carbons (Fsp3) is 0.520. The Balaban J connectivity index is 1.44. The van der Waals surface area contributed by atoms with Gasteiger partial charge in [-0.2, -0.15) is 0 Å². The molecule has 1 atom stereocenters. The van der Waals surface area contributed by atoms with Crippen molar-refractivity contribution in [1.29, 1.82) is 0 Å². The number of benzene rings is 2. The molecule has 178 valence electrons. The number of alkyl halides is 2. The average Bonchev–Trinajstić information content (AvgIpc) is 2.80. The third kappa shape index (κ3) is 9.20. The molecule has 2 aromatic rings. The quantitative estimate of drug-likeness (QED) is 0.279. The first-order valence-electron chi connectivity index (χ1n) is 11.3. The van der Waals surface area contributed by atoms with Crippen molar-refractivity contribution in [3.05, 3.63) is 65.2 Å². The van der Waals surface area contributed by atoms with Crippen LogP contribution in [-0.2, 0) is 17.3 Å². The molecule has 0 saturated heterocycles. The van der Waals surface area contributed by atoms with Gasteiger partial charge in [-0.15, -0.1) is 0 Å². The van der Waals surface area contributed by atoms with E-state index in [9.17, 15) is 24.1 Å². The van der Waals surface area contributed by atoms with Gasteiger partial charge in [-0.3, -0.25) is 0 Å². The highest BCUT2D eigenvalue weighted by atomic mass is 19.3. The molecule has 0 amide bonds. The number of rotatable bonds is 16. The molecule has 0 spiro atoms. The van der Waals surface area contributed by atoms with E-state index in [4.69, 9.17) is 4.74 Å². The van der Waals surface area contributed by atoms with Gasteiger partial charge in [0.1, 0.15) is 5.75 Å². The van der Waals surface area contributed by atoms with Gasteiger partial charge >= 0.3 is 0 Å². The molecule has 2 rings (SSSR count). The van der Waals surface area contributed by atoms with E-state index in [1.807, 2.05) is 0 Å². The van der Waals surface area contributed by atoms with Crippen molar-refractivity contribution in [1.82, 2.24) is 5.32 Å². The Morgan fingerprint density at radius 1 is 0.938 bits per heavy atom. The smallest absolute Gasteiger partial charge is 0.273 e. The molecule has 0 bridgehead atoms. The first kappa shape index (κ1) is 26.2. The Kier molecular flexibility index (Phi) is 11.6. The molecule has 0 fully saturated rings. The second-order valence-electron chi connectivity index (χ2n) is 7.97. The lowest BCUT2D eigenvalue weighted by Gasteiger charge is -2.16. The van der Waals surface area contributed by atoms with Gasteiger partial charge in [-0.25, -0.2) is 8.78 Å². The van der Waals surface area contributed by atoms with E-state index in [-0.39, 0.29) is 24.3 Å². The van der Waals surface area contributed by atoms with Gasteiger partial charge in [0.2, 0.25) is 0 Å². The van der Waals surface area contributed by atoms with Crippen LogP contribution in [0.2, 0.25) is 0 Å². The third-order valence-corrected chi connectivity index (χ3v) is 5.36. The van der Waals surface area contributed by atoms with Gasteiger partial charge in [0.25, 0.3) is 5.92 Å². The van der Waals surface area contributed by atoms with Crippen LogP contribution in [0.4, 0.5) is 8.78 Å². The van der Waals surface area contributed by atoms with Crippen molar-refractivity contribution >= 4 is 0 Å². The van der Waals surface area contributed by atoms with E-state index in [1.54, 1.807) is 30.3 Å². The minimum Gasteiger partial charge on any atom is -0.508 e. The molecular formula is C25H35F2NO4. The van der Waals surface area contributed by atoms with Crippen molar-refractivity contribution in [2.45, 2.75) is 57.2 Å². The Morgan fingerprint density at radius 2 is 1.66 bits per heavy atom. The molecule has 2 aromatic carbocycles. The third-order valence-electron chi connectivity index (χ3n) is 5.36. The van der Waals surface area contributed by atoms with Crippen LogP contribution >= 0.6 is 0 Å². The lowest BCUT2D eigenvalue weighted by molar-refractivity contribution is -0.0226. The maximum absolute atomic E-state index is 14.0. The van der Waals surface area contributed by atoms with E-state index >= 15 is 0 Å². The Hall–Kier alpha value is -2.06. The Morgan fingerprint density at radius 3 is 2.41 bits per heavy atom. The van der Waals surface area contributed by atoms with Crippen molar-refractivity contribution in [2.75, 3.05) is 26.3 Å². The molecule has 5 nitrogen and oxygen atoms in total. The monoisotopic (exact) mass is 451 g/mol. The van der Waals surface area contributed by atoms with Gasteiger partial charge in [0.05, 0.1) is 12.7 Å². The summed E-state index contributed by atoms with van der Waals surface area (Å²) in [7, 11) is 0. The number of aromatic hydroxyl groups is 1. The van der Waals surface area contributed by atoms with Crippen molar-refractivity contribution in [3.63, 3.8) is 0 Å². The minimum atomic E-state index is -2.81. The molecule has 0 aliphatic rings. The summed E-state index contributed by atoms with van der Waals surface area (Å²) in [5.74, 6) is -2.79. The SMILES string of the molecule is OCc1cc([C@H](O)CNCCCCCCOCCCC(F)(F)c2ccccc2)ccc1O. The molecule has 0 saturated carbocycles. The molecular weight excluding hydrogens is 416 g/mol. The van der Waals surface area contributed by atoms with E-state index < -0.39 is 12.0 Å². The summed E-state index contributed by atoms with van der Waals surface area (Å²) in [4.78, 5) is 0. The molecule has 0 aliphatic carbocycles. The van der Waals surface area contributed by atoms with Crippen LogP contribution in [-0.4, -0.2) is 41.6 Å².